The van der Waals surface area contributed by atoms with Crippen LogP contribution in [0.3, 0.4) is 0 Å². The van der Waals surface area contributed by atoms with E-state index < -0.39 is 0 Å². The van der Waals surface area contributed by atoms with Crippen molar-refractivity contribution in [2.45, 2.75) is 52.5 Å². The largest absolute Gasteiger partial charge is 0.314 e. The molecule has 0 heterocycles. The third-order valence-corrected chi connectivity index (χ3v) is 5.65. The molecule has 1 saturated carbocycles. The first kappa shape index (κ1) is 14.1. The summed E-state index contributed by atoms with van der Waals surface area (Å²) in [6.07, 6.45) is 5.51. The highest BCUT2D eigenvalue weighted by Crippen LogP contribution is 2.47. The van der Waals surface area contributed by atoms with E-state index in [1.54, 1.807) is 11.1 Å². The molecule has 20 heavy (non-hydrogen) atoms. The average Bonchev–Trinajstić information content (AvgIpc) is 2.70. The Morgan fingerprint density at radius 1 is 1.05 bits per heavy atom. The topological polar surface area (TPSA) is 12.0 Å². The molecule has 0 radical (unpaired) electrons. The summed E-state index contributed by atoms with van der Waals surface area (Å²) in [7, 11) is 0. The Kier molecular flexibility index (Phi) is 4.16. The van der Waals surface area contributed by atoms with Crippen LogP contribution in [0.25, 0.3) is 0 Å². The molecule has 3 rings (SSSR count). The van der Waals surface area contributed by atoms with E-state index in [4.69, 9.17) is 0 Å². The Bertz CT molecular complexity index is 418. The van der Waals surface area contributed by atoms with E-state index in [1.165, 1.54) is 25.7 Å². The predicted octanol–water partition coefficient (Wildman–Crippen LogP) is 4.06. The molecule has 1 N–H and O–H groups in total. The Hall–Kier alpha value is -0.820. The molecule has 1 heteroatoms. The highest BCUT2D eigenvalue weighted by atomic mass is 14.9. The summed E-state index contributed by atoms with van der Waals surface area (Å²) in [6.45, 7) is 8.14. The molecule has 1 aromatic rings. The van der Waals surface area contributed by atoms with Gasteiger partial charge >= 0.3 is 0 Å². The maximum Gasteiger partial charge on any atom is 0.0124 e. The minimum Gasteiger partial charge on any atom is -0.314 e. The van der Waals surface area contributed by atoms with Crippen LogP contribution in [0.2, 0.25) is 0 Å². The fraction of sp³-hybridized carbons (Fsp3) is 0.684. The molecule has 1 aromatic carbocycles. The molecule has 3 unspecified atom stereocenters. The van der Waals surface area contributed by atoms with Gasteiger partial charge < -0.3 is 5.32 Å². The summed E-state index contributed by atoms with van der Waals surface area (Å²) in [4.78, 5) is 0. The molecular weight excluding hydrogens is 242 g/mol. The average molecular weight is 271 g/mol. The van der Waals surface area contributed by atoms with Gasteiger partial charge in [-0.15, -0.1) is 0 Å². The summed E-state index contributed by atoms with van der Waals surface area (Å²) >= 11 is 0. The van der Waals surface area contributed by atoms with Crippen LogP contribution >= 0.6 is 0 Å². The molecule has 1 fully saturated rings. The van der Waals surface area contributed by atoms with Gasteiger partial charge in [-0.2, -0.15) is 0 Å². The number of hydrogen-bond donors (Lipinski definition) is 1. The Morgan fingerprint density at radius 3 is 2.05 bits per heavy atom. The molecule has 3 atom stereocenters. The second kappa shape index (κ2) is 5.89. The van der Waals surface area contributed by atoms with E-state index in [2.05, 4.69) is 50.4 Å². The summed E-state index contributed by atoms with van der Waals surface area (Å²) in [5, 5.41) is 3.81. The van der Waals surface area contributed by atoms with Crippen molar-refractivity contribution >= 4 is 0 Å². The van der Waals surface area contributed by atoms with Gasteiger partial charge in [0.2, 0.25) is 0 Å². The molecule has 0 aromatic heterocycles. The van der Waals surface area contributed by atoms with E-state index in [1.807, 2.05) is 0 Å². The van der Waals surface area contributed by atoms with Crippen molar-refractivity contribution in [2.24, 2.45) is 23.7 Å². The third kappa shape index (κ3) is 2.53. The molecule has 2 aliphatic carbocycles. The van der Waals surface area contributed by atoms with Gasteiger partial charge in [0.05, 0.1) is 0 Å². The summed E-state index contributed by atoms with van der Waals surface area (Å²) < 4.78 is 0. The number of rotatable bonds is 4. The maximum absolute atomic E-state index is 3.81. The number of fused-ring (bicyclic) bond motifs is 3. The van der Waals surface area contributed by atoms with E-state index in [0.717, 1.165) is 30.2 Å². The zero-order chi connectivity index (χ0) is 14.1. The molecule has 0 saturated heterocycles. The van der Waals surface area contributed by atoms with Crippen LogP contribution in [0.5, 0.6) is 0 Å². The molecular formula is C19H29N. The Labute approximate surface area is 124 Å². The fourth-order valence-corrected chi connectivity index (χ4v) is 4.83. The van der Waals surface area contributed by atoms with Gasteiger partial charge in [-0.25, -0.2) is 0 Å². The van der Waals surface area contributed by atoms with Gasteiger partial charge in [-0.1, -0.05) is 45.0 Å². The van der Waals surface area contributed by atoms with Gasteiger partial charge in [0, 0.05) is 6.04 Å². The van der Waals surface area contributed by atoms with Crippen molar-refractivity contribution in [3.63, 3.8) is 0 Å². The third-order valence-electron chi connectivity index (χ3n) is 5.65. The lowest BCUT2D eigenvalue weighted by molar-refractivity contribution is 0.191. The predicted molar refractivity (Wildman–Crippen MR) is 85.9 cm³/mol. The van der Waals surface area contributed by atoms with Gasteiger partial charge in [0.1, 0.15) is 0 Å². The van der Waals surface area contributed by atoms with Crippen molar-refractivity contribution in [3.8, 4) is 0 Å². The molecule has 2 aliphatic rings. The molecule has 0 amide bonds. The monoisotopic (exact) mass is 271 g/mol. The fourth-order valence-electron chi connectivity index (χ4n) is 4.83. The Morgan fingerprint density at radius 2 is 1.60 bits per heavy atom. The van der Waals surface area contributed by atoms with E-state index in [-0.39, 0.29) is 0 Å². The quantitative estimate of drug-likeness (QED) is 0.870. The number of benzene rings is 1. The standard InChI is InChI=1S/C19H29N/c1-4-20-19(13(2)3)18-16-9-10-17(18)12-15-8-6-5-7-14(15)11-16/h5-8,13,16-20H,4,9-12H2,1-3H3. The van der Waals surface area contributed by atoms with Crippen molar-refractivity contribution in [1.29, 1.82) is 0 Å². The minimum absolute atomic E-state index is 0.701. The first-order chi connectivity index (χ1) is 9.70. The zero-order valence-corrected chi connectivity index (χ0v) is 13.2. The molecule has 0 spiro atoms. The zero-order valence-electron chi connectivity index (χ0n) is 13.2. The first-order valence-corrected chi connectivity index (χ1v) is 8.50. The summed E-state index contributed by atoms with van der Waals surface area (Å²) in [5.41, 5.74) is 3.26. The minimum atomic E-state index is 0.701. The lowest BCUT2D eigenvalue weighted by atomic mass is 9.77. The second-order valence-electron chi connectivity index (χ2n) is 7.18. The van der Waals surface area contributed by atoms with Crippen LogP contribution in [0.1, 0.15) is 44.7 Å². The summed E-state index contributed by atoms with van der Waals surface area (Å²) in [5.74, 6) is 3.41. The Balaban J connectivity index is 1.88. The SMILES string of the molecule is CCNC(C(C)C)C1C2CCC1Cc1ccccc1C2. The van der Waals surface area contributed by atoms with Gasteiger partial charge in [-0.3, -0.25) is 0 Å². The van der Waals surface area contributed by atoms with E-state index in [9.17, 15) is 0 Å². The lowest BCUT2D eigenvalue weighted by Gasteiger charge is -2.35. The van der Waals surface area contributed by atoms with Crippen LogP contribution in [0.4, 0.5) is 0 Å². The summed E-state index contributed by atoms with van der Waals surface area (Å²) in [6, 6.07) is 9.87. The van der Waals surface area contributed by atoms with Gasteiger partial charge in [0.15, 0.2) is 0 Å². The normalized spacial score (nSPS) is 30.1. The van der Waals surface area contributed by atoms with E-state index in [0.29, 0.717) is 6.04 Å². The van der Waals surface area contributed by atoms with Crippen molar-refractivity contribution in [2.75, 3.05) is 6.54 Å². The van der Waals surface area contributed by atoms with Crippen molar-refractivity contribution in [3.05, 3.63) is 35.4 Å². The van der Waals surface area contributed by atoms with Gasteiger partial charge in [-0.05, 0) is 67.0 Å². The van der Waals surface area contributed by atoms with Crippen LogP contribution in [-0.4, -0.2) is 12.6 Å². The van der Waals surface area contributed by atoms with Crippen LogP contribution in [0.15, 0.2) is 24.3 Å². The molecule has 0 aliphatic heterocycles. The van der Waals surface area contributed by atoms with Gasteiger partial charge in [0.25, 0.3) is 0 Å². The van der Waals surface area contributed by atoms with Crippen molar-refractivity contribution < 1.29 is 0 Å². The highest BCUT2D eigenvalue weighted by Gasteiger charge is 2.43. The lowest BCUT2D eigenvalue weighted by Crippen LogP contribution is -2.44. The molecule has 110 valence electrons. The molecule has 1 nitrogen and oxygen atoms in total. The number of nitrogens with one attached hydrogen (secondary N) is 1. The van der Waals surface area contributed by atoms with Crippen molar-refractivity contribution in [1.82, 2.24) is 5.32 Å². The molecule has 2 bridgehead atoms. The number of hydrogen-bond acceptors (Lipinski definition) is 1. The first-order valence-electron chi connectivity index (χ1n) is 8.50. The van der Waals surface area contributed by atoms with E-state index >= 15 is 0 Å². The van der Waals surface area contributed by atoms with Crippen LogP contribution in [-0.2, 0) is 12.8 Å². The van der Waals surface area contributed by atoms with Crippen LogP contribution < -0.4 is 5.32 Å². The smallest absolute Gasteiger partial charge is 0.0124 e. The van der Waals surface area contributed by atoms with Crippen LogP contribution in [0, 0.1) is 23.7 Å². The highest BCUT2D eigenvalue weighted by molar-refractivity contribution is 5.30. The maximum atomic E-state index is 3.81. The second-order valence-corrected chi connectivity index (χ2v) is 7.18.